The van der Waals surface area contributed by atoms with Crippen LogP contribution in [-0.4, -0.2) is 54.1 Å². The van der Waals surface area contributed by atoms with E-state index >= 15 is 0 Å². The summed E-state index contributed by atoms with van der Waals surface area (Å²) in [6.07, 6.45) is 1.22. The Hall–Kier alpha value is -2.93. The maximum Gasteiger partial charge on any atom is 0.254 e. The number of piperazine rings is 1. The van der Waals surface area contributed by atoms with Gasteiger partial charge in [0.15, 0.2) is 0 Å². The SMILES string of the molecule is O=C1NCCN(C(=O)c2ccc(N3CCC(O)CC3)cc2)C1c1ccccc1F. The minimum absolute atomic E-state index is 0.196. The van der Waals surface area contributed by atoms with Crippen molar-refractivity contribution in [1.29, 1.82) is 0 Å². The van der Waals surface area contributed by atoms with Crippen LogP contribution in [0.15, 0.2) is 48.5 Å². The molecule has 2 aromatic carbocycles. The summed E-state index contributed by atoms with van der Waals surface area (Å²) in [6, 6.07) is 12.3. The normalized spacial score (nSPS) is 20.5. The molecule has 0 radical (unpaired) electrons. The van der Waals surface area contributed by atoms with Crippen LogP contribution in [0.4, 0.5) is 10.1 Å². The highest BCUT2D eigenvalue weighted by molar-refractivity contribution is 5.98. The molecular weight excluding hydrogens is 373 g/mol. The number of piperidine rings is 1. The first kappa shape index (κ1) is 19.4. The summed E-state index contributed by atoms with van der Waals surface area (Å²) in [5.41, 5.74) is 1.65. The van der Waals surface area contributed by atoms with E-state index in [-0.39, 0.29) is 23.5 Å². The summed E-state index contributed by atoms with van der Waals surface area (Å²) in [7, 11) is 0. The van der Waals surface area contributed by atoms with Gasteiger partial charge in [-0.2, -0.15) is 0 Å². The van der Waals surface area contributed by atoms with Crippen LogP contribution in [0.2, 0.25) is 0 Å². The standard InChI is InChI=1S/C22H24FN3O3/c23-19-4-2-1-3-18(19)20-21(28)24-11-14-26(20)22(29)15-5-7-16(8-6-15)25-12-9-17(27)10-13-25/h1-8,17,20,27H,9-14H2,(H,24,28). The summed E-state index contributed by atoms with van der Waals surface area (Å²) in [4.78, 5) is 29.2. The molecule has 1 unspecified atom stereocenters. The second-order valence-electron chi connectivity index (χ2n) is 7.48. The van der Waals surface area contributed by atoms with Crippen LogP contribution in [0.25, 0.3) is 0 Å². The zero-order chi connectivity index (χ0) is 20.4. The average Bonchev–Trinajstić information content (AvgIpc) is 2.74. The van der Waals surface area contributed by atoms with Crippen molar-refractivity contribution in [3.63, 3.8) is 0 Å². The lowest BCUT2D eigenvalue weighted by Gasteiger charge is -2.35. The third kappa shape index (κ3) is 3.96. The number of amides is 2. The quantitative estimate of drug-likeness (QED) is 0.832. The molecule has 2 N–H and O–H groups in total. The van der Waals surface area contributed by atoms with Crippen LogP contribution in [-0.2, 0) is 4.79 Å². The molecule has 6 nitrogen and oxygen atoms in total. The van der Waals surface area contributed by atoms with Crippen molar-refractivity contribution in [2.75, 3.05) is 31.1 Å². The van der Waals surface area contributed by atoms with E-state index < -0.39 is 11.9 Å². The van der Waals surface area contributed by atoms with E-state index in [1.807, 2.05) is 12.1 Å². The number of aliphatic hydroxyl groups is 1. The lowest BCUT2D eigenvalue weighted by molar-refractivity contribution is -0.128. The fourth-order valence-electron chi connectivity index (χ4n) is 4.00. The van der Waals surface area contributed by atoms with Gasteiger partial charge in [0.05, 0.1) is 6.10 Å². The minimum Gasteiger partial charge on any atom is -0.393 e. The van der Waals surface area contributed by atoms with Crippen molar-refractivity contribution < 1.29 is 19.1 Å². The molecule has 0 aliphatic carbocycles. The minimum atomic E-state index is -0.985. The van der Waals surface area contributed by atoms with Gasteiger partial charge in [0, 0.05) is 43.0 Å². The van der Waals surface area contributed by atoms with E-state index in [2.05, 4.69) is 10.2 Å². The van der Waals surface area contributed by atoms with Gasteiger partial charge in [0.2, 0.25) is 5.91 Å². The fourth-order valence-corrected chi connectivity index (χ4v) is 4.00. The predicted molar refractivity (Wildman–Crippen MR) is 107 cm³/mol. The molecule has 2 saturated heterocycles. The number of hydrogen-bond donors (Lipinski definition) is 2. The third-order valence-electron chi connectivity index (χ3n) is 5.62. The topological polar surface area (TPSA) is 72.9 Å². The van der Waals surface area contributed by atoms with E-state index in [0.29, 0.717) is 18.7 Å². The van der Waals surface area contributed by atoms with Gasteiger partial charge in [-0.25, -0.2) is 4.39 Å². The number of halogens is 1. The summed E-state index contributed by atoms with van der Waals surface area (Å²) < 4.78 is 14.3. The molecule has 2 amide bonds. The van der Waals surface area contributed by atoms with Crippen molar-refractivity contribution in [2.24, 2.45) is 0 Å². The molecule has 0 aromatic heterocycles. The zero-order valence-electron chi connectivity index (χ0n) is 16.1. The molecule has 0 saturated carbocycles. The summed E-state index contributed by atoms with van der Waals surface area (Å²) in [5.74, 6) is -1.18. The molecule has 2 heterocycles. The Morgan fingerprint density at radius 3 is 2.41 bits per heavy atom. The Bertz CT molecular complexity index is 894. The van der Waals surface area contributed by atoms with Crippen LogP contribution in [0.5, 0.6) is 0 Å². The van der Waals surface area contributed by atoms with Gasteiger partial charge in [-0.1, -0.05) is 18.2 Å². The van der Waals surface area contributed by atoms with Gasteiger partial charge in [-0.05, 0) is 43.2 Å². The third-order valence-corrected chi connectivity index (χ3v) is 5.62. The molecule has 2 fully saturated rings. The van der Waals surface area contributed by atoms with Crippen LogP contribution in [0, 0.1) is 5.82 Å². The maximum atomic E-state index is 14.3. The van der Waals surface area contributed by atoms with Gasteiger partial charge in [0.1, 0.15) is 11.9 Å². The van der Waals surface area contributed by atoms with Gasteiger partial charge in [0.25, 0.3) is 5.91 Å². The van der Waals surface area contributed by atoms with E-state index in [1.165, 1.54) is 11.0 Å². The largest absolute Gasteiger partial charge is 0.393 e. The second kappa shape index (κ2) is 8.21. The Balaban J connectivity index is 1.56. The van der Waals surface area contributed by atoms with Gasteiger partial charge >= 0.3 is 0 Å². The highest BCUT2D eigenvalue weighted by atomic mass is 19.1. The lowest BCUT2D eigenvalue weighted by atomic mass is 10.0. The number of hydrogen-bond acceptors (Lipinski definition) is 4. The van der Waals surface area contributed by atoms with E-state index in [9.17, 15) is 19.1 Å². The lowest BCUT2D eigenvalue weighted by Crippen LogP contribution is -2.52. The molecule has 2 aliphatic heterocycles. The van der Waals surface area contributed by atoms with E-state index in [0.717, 1.165) is 31.6 Å². The monoisotopic (exact) mass is 397 g/mol. The summed E-state index contributed by atoms with van der Waals surface area (Å²) in [5, 5.41) is 12.4. The summed E-state index contributed by atoms with van der Waals surface area (Å²) in [6.45, 7) is 2.20. The van der Waals surface area contributed by atoms with Gasteiger partial charge in [-0.15, -0.1) is 0 Å². The second-order valence-corrected chi connectivity index (χ2v) is 7.48. The number of anilines is 1. The highest BCUT2D eigenvalue weighted by Gasteiger charge is 2.36. The number of carbonyl (C=O) groups excluding carboxylic acids is 2. The Kier molecular flexibility index (Phi) is 5.49. The molecule has 7 heteroatoms. The van der Waals surface area contributed by atoms with Gasteiger partial charge < -0.3 is 20.2 Å². The Morgan fingerprint density at radius 1 is 1.03 bits per heavy atom. The van der Waals surface area contributed by atoms with Crippen molar-refractivity contribution in [1.82, 2.24) is 10.2 Å². The van der Waals surface area contributed by atoms with Crippen LogP contribution in [0.3, 0.4) is 0 Å². The van der Waals surface area contributed by atoms with Crippen LogP contribution >= 0.6 is 0 Å². The number of aliphatic hydroxyl groups excluding tert-OH is 1. The molecule has 29 heavy (non-hydrogen) atoms. The average molecular weight is 397 g/mol. The molecule has 1 atom stereocenters. The first-order chi connectivity index (χ1) is 14.0. The molecule has 4 rings (SSSR count). The zero-order valence-corrected chi connectivity index (χ0v) is 16.1. The number of benzene rings is 2. The first-order valence-electron chi connectivity index (χ1n) is 9.91. The number of rotatable bonds is 3. The number of nitrogens with one attached hydrogen (secondary N) is 1. The van der Waals surface area contributed by atoms with Crippen molar-refractivity contribution >= 4 is 17.5 Å². The fraction of sp³-hybridized carbons (Fsp3) is 0.364. The molecular formula is C22H24FN3O3. The van der Waals surface area contributed by atoms with E-state index in [1.54, 1.807) is 30.3 Å². The number of carbonyl (C=O) groups is 2. The Labute approximate surface area is 168 Å². The van der Waals surface area contributed by atoms with Crippen LogP contribution < -0.4 is 10.2 Å². The van der Waals surface area contributed by atoms with Crippen molar-refractivity contribution in [3.8, 4) is 0 Å². The molecule has 2 aromatic rings. The van der Waals surface area contributed by atoms with Crippen molar-refractivity contribution in [3.05, 3.63) is 65.5 Å². The molecule has 0 spiro atoms. The highest BCUT2D eigenvalue weighted by Crippen LogP contribution is 2.28. The predicted octanol–water partition coefficient (Wildman–Crippen LogP) is 2.10. The molecule has 152 valence electrons. The summed E-state index contributed by atoms with van der Waals surface area (Å²) >= 11 is 0. The van der Waals surface area contributed by atoms with Crippen LogP contribution in [0.1, 0.15) is 34.8 Å². The van der Waals surface area contributed by atoms with E-state index in [4.69, 9.17) is 0 Å². The molecule has 0 bridgehead atoms. The van der Waals surface area contributed by atoms with Gasteiger partial charge in [-0.3, -0.25) is 9.59 Å². The molecule has 2 aliphatic rings. The maximum absolute atomic E-state index is 14.3. The first-order valence-corrected chi connectivity index (χ1v) is 9.91. The number of nitrogens with zero attached hydrogens (tertiary/aromatic N) is 2. The van der Waals surface area contributed by atoms with Crippen molar-refractivity contribution in [2.45, 2.75) is 25.0 Å². The Morgan fingerprint density at radius 2 is 1.72 bits per heavy atom. The smallest absolute Gasteiger partial charge is 0.254 e.